The van der Waals surface area contributed by atoms with Gasteiger partial charge in [-0.3, -0.25) is 4.98 Å². The normalized spacial score (nSPS) is 15.9. The molecule has 1 aliphatic rings. The number of ether oxygens (including phenoxy) is 2. The van der Waals surface area contributed by atoms with Crippen molar-refractivity contribution in [3.05, 3.63) is 24.0 Å². The second kappa shape index (κ2) is 10.6. The van der Waals surface area contributed by atoms with Crippen LogP contribution in [0.2, 0.25) is 0 Å². The lowest BCUT2D eigenvalue weighted by atomic mass is 9.98. The smallest absolute Gasteiger partial charge is 0.407 e. The highest BCUT2D eigenvalue weighted by molar-refractivity contribution is 5.67. The molecular formula is C21H28F3N5O3. The Morgan fingerprint density at radius 2 is 2.03 bits per heavy atom. The molecule has 32 heavy (non-hydrogen) atoms. The van der Waals surface area contributed by atoms with Gasteiger partial charge in [0, 0.05) is 13.5 Å². The Morgan fingerprint density at radius 1 is 1.28 bits per heavy atom. The zero-order chi connectivity index (χ0) is 23.1. The Morgan fingerprint density at radius 3 is 2.69 bits per heavy atom. The fourth-order valence-electron chi connectivity index (χ4n) is 3.62. The van der Waals surface area contributed by atoms with Gasteiger partial charge in [-0.2, -0.15) is 13.2 Å². The first-order chi connectivity index (χ1) is 15.2. The van der Waals surface area contributed by atoms with Crippen LogP contribution in [0.4, 0.5) is 18.0 Å². The molecule has 1 saturated carbocycles. The number of halogens is 3. The van der Waals surface area contributed by atoms with Crippen LogP contribution in [0.3, 0.4) is 0 Å². The van der Waals surface area contributed by atoms with E-state index in [1.807, 2.05) is 6.07 Å². The fourth-order valence-corrected chi connectivity index (χ4v) is 3.62. The molecule has 1 unspecified atom stereocenters. The summed E-state index contributed by atoms with van der Waals surface area (Å²) in [5.41, 5.74) is 1.64. The van der Waals surface area contributed by atoms with Crippen molar-refractivity contribution in [1.82, 2.24) is 25.3 Å². The summed E-state index contributed by atoms with van der Waals surface area (Å²) in [5, 5.41) is 10.6. The zero-order valence-electron chi connectivity index (χ0n) is 18.2. The molecule has 1 N–H and O–H groups in total. The SMILES string of the molecule is CC(COC(=O)NCc1c(-c2ccc(OC3CCCCC3)cn2)nnn1C)CC(F)(F)F. The number of alkyl halides is 3. The second-order valence-corrected chi connectivity index (χ2v) is 8.14. The second-order valence-electron chi connectivity index (χ2n) is 8.14. The average molecular weight is 455 g/mol. The van der Waals surface area contributed by atoms with Gasteiger partial charge in [0.15, 0.2) is 0 Å². The van der Waals surface area contributed by atoms with Gasteiger partial charge < -0.3 is 14.8 Å². The standard InChI is InChI=1S/C21H28F3N5O3/c1-14(10-21(22,23)24)13-31-20(30)26-12-18-19(27-28-29(18)2)17-9-8-16(11-25-17)32-15-6-4-3-5-7-15/h8-9,11,14-15H,3-7,10,12-13H2,1-2H3,(H,26,30). The molecule has 2 heterocycles. The van der Waals surface area contributed by atoms with E-state index in [4.69, 9.17) is 9.47 Å². The Hall–Kier alpha value is -2.85. The molecule has 0 radical (unpaired) electrons. The van der Waals surface area contributed by atoms with E-state index in [9.17, 15) is 18.0 Å². The van der Waals surface area contributed by atoms with Crippen molar-refractivity contribution in [3.63, 3.8) is 0 Å². The van der Waals surface area contributed by atoms with Crippen LogP contribution in [0.25, 0.3) is 11.4 Å². The fraction of sp³-hybridized carbons (Fsp3) is 0.619. The summed E-state index contributed by atoms with van der Waals surface area (Å²) in [7, 11) is 1.67. The predicted octanol–water partition coefficient (Wildman–Crippen LogP) is 4.40. The number of aryl methyl sites for hydroxylation is 1. The van der Waals surface area contributed by atoms with Gasteiger partial charge in [-0.05, 0) is 43.7 Å². The molecule has 176 valence electrons. The van der Waals surface area contributed by atoms with Crippen LogP contribution >= 0.6 is 0 Å². The molecule has 1 fully saturated rings. The van der Waals surface area contributed by atoms with Crippen LogP contribution in [0.5, 0.6) is 5.75 Å². The van der Waals surface area contributed by atoms with E-state index in [2.05, 4.69) is 20.6 Å². The number of carbonyl (C=O) groups excluding carboxylic acids is 1. The average Bonchev–Trinajstić information content (AvgIpc) is 3.11. The number of hydrogen-bond donors (Lipinski definition) is 1. The molecule has 11 heteroatoms. The number of nitrogens with zero attached hydrogens (tertiary/aromatic N) is 4. The molecule has 0 aliphatic heterocycles. The van der Waals surface area contributed by atoms with Crippen molar-refractivity contribution in [2.24, 2.45) is 13.0 Å². The largest absolute Gasteiger partial charge is 0.489 e. The Balaban J connectivity index is 1.54. The minimum atomic E-state index is -4.29. The van der Waals surface area contributed by atoms with E-state index >= 15 is 0 Å². The van der Waals surface area contributed by atoms with Crippen LogP contribution in [0.15, 0.2) is 18.3 Å². The number of aromatic nitrogens is 4. The number of nitrogens with one attached hydrogen (secondary N) is 1. The highest BCUT2D eigenvalue weighted by atomic mass is 19.4. The van der Waals surface area contributed by atoms with Gasteiger partial charge in [-0.25, -0.2) is 9.48 Å². The zero-order valence-corrected chi connectivity index (χ0v) is 18.2. The maximum atomic E-state index is 12.4. The molecule has 1 aliphatic carbocycles. The first-order valence-corrected chi connectivity index (χ1v) is 10.7. The van der Waals surface area contributed by atoms with Gasteiger partial charge >= 0.3 is 12.3 Å². The third-order valence-electron chi connectivity index (χ3n) is 5.26. The van der Waals surface area contributed by atoms with Gasteiger partial charge in [-0.1, -0.05) is 18.6 Å². The molecule has 0 spiro atoms. The minimum absolute atomic E-state index is 0.0350. The highest BCUT2D eigenvalue weighted by Gasteiger charge is 2.30. The van der Waals surface area contributed by atoms with Crippen molar-refractivity contribution in [1.29, 1.82) is 0 Å². The van der Waals surface area contributed by atoms with Gasteiger partial charge in [0.2, 0.25) is 0 Å². The molecule has 3 rings (SSSR count). The molecular weight excluding hydrogens is 427 g/mol. The summed E-state index contributed by atoms with van der Waals surface area (Å²) in [6.45, 7) is 1.08. The topological polar surface area (TPSA) is 91.2 Å². The summed E-state index contributed by atoms with van der Waals surface area (Å²) < 4.78 is 49.5. The number of hydrogen-bond acceptors (Lipinski definition) is 6. The summed E-state index contributed by atoms with van der Waals surface area (Å²) in [6, 6.07) is 3.61. The van der Waals surface area contributed by atoms with Crippen molar-refractivity contribution >= 4 is 6.09 Å². The Labute approximate surface area is 184 Å². The van der Waals surface area contributed by atoms with E-state index in [-0.39, 0.29) is 19.3 Å². The molecule has 0 saturated heterocycles. The lowest BCUT2D eigenvalue weighted by Crippen LogP contribution is -2.27. The van der Waals surface area contributed by atoms with Crippen LogP contribution in [-0.2, 0) is 18.3 Å². The Bertz CT molecular complexity index is 880. The molecule has 1 atom stereocenters. The summed E-state index contributed by atoms with van der Waals surface area (Å²) in [6.07, 6.45) is 1.45. The molecule has 1 amide bonds. The summed E-state index contributed by atoms with van der Waals surface area (Å²) in [4.78, 5) is 16.3. The maximum Gasteiger partial charge on any atom is 0.407 e. The third kappa shape index (κ3) is 7.10. The predicted molar refractivity (Wildman–Crippen MR) is 110 cm³/mol. The van der Waals surface area contributed by atoms with Crippen LogP contribution in [-0.4, -0.2) is 45.0 Å². The highest BCUT2D eigenvalue weighted by Crippen LogP contribution is 2.26. The van der Waals surface area contributed by atoms with Gasteiger partial charge in [0.1, 0.15) is 11.4 Å². The van der Waals surface area contributed by atoms with E-state index in [1.165, 1.54) is 30.9 Å². The van der Waals surface area contributed by atoms with E-state index in [0.29, 0.717) is 22.8 Å². The number of pyridine rings is 1. The molecule has 2 aromatic heterocycles. The van der Waals surface area contributed by atoms with Gasteiger partial charge in [0.25, 0.3) is 0 Å². The van der Waals surface area contributed by atoms with Crippen molar-refractivity contribution in [2.75, 3.05) is 6.61 Å². The van der Waals surface area contributed by atoms with Crippen LogP contribution in [0, 0.1) is 5.92 Å². The van der Waals surface area contributed by atoms with Gasteiger partial charge in [-0.15, -0.1) is 5.10 Å². The van der Waals surface area contributed by atoms with Crippen LogP contribution < -0.4 is 10.1 Å². The summed E-state index contributed by atoms with van der Waals surface area (Å²) >= 11 is 0. The van der Waals surface area contributed by atoms with Crippen molar-refractivity contribution in [2.45, 2.75) is 64.3 Å². The first kappa shape index (κ1) is 23.8. The number of carbonyl (C=O) groups is 1. The van der Waals surface area contributed by atoms with E-state index in [1.54, 1.807) is 19.3 Å². The third-order valence-corrected chi connectivity index (χ3v) is 5.26. The number of rotatable bonds is 8. The lowest BCUT2D eigenvalue weighted by molar-refractivity contribution is -0.145. The number of alkyl carbamates (subject to hydrolysis) is 1. The quantitative estimate of drug-likeness (QED) is 0.634. The lowest BCUT2D eigenvalue weighted by Gasteiger charge is -2.22. The van der Waals surface area contributed by atoms with Crippen molar-refractivity contribution < 1.29 is 27.4 Å². The van der Waals surface area contributed by atoms with E-state index < -0.39 is 24.6 Å². The molecule has 0 aromatic carbocycles. The number of amides is 1. The van der Waals surface area contributed by atoms with Gasteiger partial charge in [0.05, 0.1) is 36.8 Å². The maximum absolute atomic E-state index is 12.4. The minimum Gasteiger partial charge on any atom is -0.489 e. The summed E-state index contributed by atoms with van der Waals surface area (Å²) in [5.74, 6) is -0.131. The van der Waals surface area contributed by atoms with Crippen LogP contribution in [0.1, 0.15) is 51.1 Å². The van der Waals surface area contributed by atoms with E-state index in [0.717, 1.165) is 12.8 Å². The molecule has 0 bridgehead atoms. The first-order valence-electron chi connectivity index (χ1n) is 10.7. The molecule has 8 nitrogen and oxygen atoms in total. The molecule has 2 aromatic rings. The van der Waals surface area contributed by atoms with Crippen molar-refractivity contribution in [3.8, 4) is 17.1 Å². The Kier molecular flexibility index (Phi) is 7.92. The monoisotopic (exact) mass is 455 g/mol.